The Balaban J connectivity index is 3.13. The Morgan fingerprint density at radius 1 is 1.42 bits per heavy atom. The van der Waals surface area contributed by atoms with Crippen LogP contribution in [0.2, 0.25) is 0 Å². The molecule has 2 nitrogen and oxygen atoms in total. The van der Waals surface area contributed by atoms with Crippen LogP contribution in [-0.2, 0) is 3.07 Å². The fraction of sp³-hybridized carbons (Fsp3) is 1.00. The van der Waals surface area contributed by atoms with Crippen LogP contribution in [0.4, 0.5) is 0 Å². The molecule has 0 fully saturated rings. The maximum absolute atomic E-state index is 5.65. The van der Waals surface area contributed by atoms with Gasteiger partial charge in [0.2, 0.25) is 0 Å². The first-order valence-electron chi connectivity index (χ1n) is 4.32. The van der Waals surface area contributed by atoms with Gasteiger partial charge >= 0.3 is 93.8 Å². The van der Waals surface area contributed by atoms with Gasteiger partial charge in [0.25, 0.3) is 0 Å². The van der Waals surface area contributed by atoms with E-state index in [1.54, 1.807) is 0 Å². The molecule has 0 spiro atoms. The van der Waals surface area contributed by atoms with Crippen molar-refractivity contribution in [3.05, 3.63) is 0 Å². The van der Waals surface area contributed by atoms with E-state index in [0.29, 0.717) is 11.3 Å². The quantitative estimate of drug-likeness (QED) is 0.573. The van der Waals surface area contributed by atoms with Gasteiger partial charge in [0.05, 0.1) is 0 Å². The fourth-order valence-corrected chi connectivity index (χ4v) is 2.18. The SMILES string of the molecule is CC(N)CCCC(C)SC[O][Sn]. The van der Waals surface area contributed by atoms with Crippen molar-refractivity contribution in [1.29, 1.82) is 0 Å². The summed E-state index contributed by atoms with van der Waals surface area (Å²) in [6.45, 7) is 4.32. The van der Waals surface area contributed by atoms with Crippen molar-refractivity contribution in [3.63, 3.8) is 0 Å². The van der Waals surface area contributed by atoms with Crippen LogP contribution in [0.3, 0.4) is 0 Å². The molecule has 3 radical (unpaired) electrons. The fourth-order valence-electron chi connectivity index (χ4n) is 0.961. The molecule has 2 atom stereocenters. The van der Waals surface area contributed by atoms with E-state index in [4.69, 9.17) is 8.81 Å². The Kier molecular flexibility index (Phi) is 9.43. The van der Waals surface area contributed by atoms with Crippen LogP contribution in [0.25, 0.3) is 0 Å². The van der Waals surface area contributed by atoms with Crippen LogP contribution in [0.5, 0.6) is 0 Å². The van der Waals surface area contributed by atoms with E-state index in [-0.39, 0.29) is 0 Å². The minimum absolute atomic E-state index is 0.356. The second-order valence-corrected chi connectivity index (χ2v) is 5.35. The van der Waals surface area contributed by atoms with Crippen molar-refractivity contribution in [2.24, 2.45) is 5.73 Å². The molecule has 0 aliphatic carbocycles. The molecule has 0 rings (SSSR count). The van der Waals surface area contributed by atoms with Gasteiger partial charge in [0.15, 0.2) is 0 Å². The second kappa shape index (κ2) is 8.66. The van der Waals surface area contributed by atoms with Crippen molar-refractivity contribution in [2.75, 3.05) is 5.94 Å². The average Bonchev–Trinajstić information content (AvgIpc) is 2.00. The topological polar surface area (TPSA) is 35.2 Å². The van der Waals surface area contributed by atoms with Crippen LogP contribution < -0.4 is 5.73 Å². The van der Waals surface area contributed by atoms with E-state index >= 15 is 0 Å². The Labute approximate surface area is 93.6 Å². The van der Waals surface area contributed by atoms with Gasteiger partial charge in [-0.3, -0.25) is 0 Å². The number of rotatable bonds is 7. The van der Waals surface area contributed by atoms with E-state index in [1.807, 2.05) is 11.8 Å². The first kappa shape index (κ1) is 13.1. The second-order valence-electron chi connectivity index (χ2n) is 3.15. The predicted octanol–water partition coefficient (Wildman–Crippen LogP) is 1.68. The van der Waals surface area contributed by atoms with Gasteiger partial charge in [-0.1, -0.05) is 0 Å². The van der Waals surface area contributed by atoms with Gasteiger partial charge < -0.3 is 0 Å². The van der Waals surface area contributed by atoms with Crippen LogP contribution >= 0.6 is 11.8 Å². The molecule has 2 unspecified atom stereocenters. The zero-order valence-electron chi connectivity index (χ0n) is 7.88. The molecule has 4 heteroatoms. The molecule has 0 amide bonds. The summed E-state index contributed by atoms with van der Waals surface area (Å²) in [5, 5.41) is 0.712. The first-order valence-corrected chi connectivity index (χ1v) is 6.54. The number of hydrogen-bond donors (Lipinski definition) is 1. The van der Waals surface area contributed by atoms with Gasteiger partial charge in [-0.25, -0.2) is 0 Å². The molecule has 0 aromatic rings. The normalized spacial score (nSPS) is 16.0. The molecule has 0 heterocycles. The molecule has 0 aliphatic heterocycles. The summed E-state index contributed by atoms with van der Waals surface area (Å²) >= 11 is 3.05. The van der Waals surface area contributed by atoms with Crippen molar-refractivity contribution < 1.29 is 3.07 Å². The molecule has 2 N–H and O–H groups in total. The first-order chi connectivity index (χ1) is 5.66. The number of hydrogen-bond acceptors (Lipinski definition) is 3. The summed E-state index contributed by atoms with van der Waals surface area (Å²) in [7, 11) is 0. The Morgan fingerprint density at radius 2 is 2.08 bits per heavy atom. The molecule has 0 aromatic heterocycles. The number of thioether (sulfide) groups is 1. The monoisotopic (exact) mass is 296 g/mol. The maximum atomic E-state index is 5.65. The standard InChI is InChI=1S/C8H18NOS.Sn/c1-7(9)4-3-5-8(2)11-6-10;/h7-8H,3-6,9H2,1-2H3;/q-1;+1. The van der Waals surface area contributed by atoms with Crippen molar-refractivity contribution >= 4 is 34.7 Å². The van der Waals surface area contributed by atoms with E-state index in [1.165, 1.54) is 35.8 Å². The van der Waals surface area contributed by atoms with Gasteiger partial charge in [0, 0.05) is 0 Å². The predicted molar refractivity (Wildman–Crippen MR) is 56.3 cm³/mol. The minimum atomic E-state index is 0.356. The van der Waals surface area contributed by atoms with Gasteiger partial charge in [-0.15, -0.1) is 0 Å². The van der Waals surface area contributed by atoms with E-state index in [9.17, 15) is 0 Å². The van der Waals surface area contributed by atoms with Crippen LogP contribution in [0.1, 0.15) is 33.1 Å². The Bertz CT molecular complexity index is 103. The molecule has 71 valence electrons. The molecule has 0 bridgehead atoms. The summed E-state index contributed by atoms with van der Waals surface area (Å²) in [6, 6.07) is 0.356. The van der Waals surface area contributed by atoms with Crippen LogP contribution in [0, 0.1) is 0 Å². The summed E-state index contributed by atoms with van der Waals surface area (Å²) < 4.78 is 5.07. The molecular formula is C8H18NOSSn. The third kappa shape index (κ3) is 9.16. The molecular weight excluding hydrogens is 277 g/mol. The molecule has 12 heavy (non-hydrogen) atoms. The van der Waals surface area contributed by atoms with E-state index in [0.717, 1.165) is 12.4 Å². The van der Waals surface area contributed by atoms with Crippen molar-refractivity contribution in [1.82, 2.24) is 0 Å². The molecule has 0 aromatic carbocycles. The van der Waals surface area contributed by atoms with Crippen LogP contribution in [0.15, 0.2) is 0 Å². The molecule has 0 saturated carbocycles. The third-order valence-corrected chi connectivity index (χ3v) is 3.75. The Hall–Kier alpha value is 1.07. The summed E-state index contributed by atoms with van der Waals surface area (Å²) in [5.41, 5.74) is 5.65. The zero-order chi connectivity index (χ0) is 9.40. The van der Waals surface area contributed by atoms with Crippen molar-refractivity contribution in [3.8, 4) is 0 Å². The van der Waals surface area contributed by atoms with Crippen LogP contribution in [-0.4, -0.2) is 40.2 Å². The summed E-state index contributed by atoms with van der Waals surface area (Å²) in [5.74, 6) is 0.845. The third-order valence-electron chi connectivity index (χ3n) is 1.68. The van der Waals surface area contributed by atoms with Gasteiger partial charge in [-0.2, -0.15) is 0 Å². The van der Waals surface area contributed by atoms with Gasteiger partial charge in [-0.05, 0) is 0 Å². The average molecular weight is 295 g/mol. The molecule has 0 saturated heterocycles. The summed E-state index contributed by atoms with van der Waals surface area (Å²) in [4.78, 5) is 0. The Morgan fingerprint density at radius 3 is 2.58 bits per heavy atom. The molecule has 0 aliphatic rings. The number of nitrogens with two attached hydrogens (primary N) is 1. The summed E-state index contributed by atoms with van der Waals surface area (Å²) in [6.07, 6.45) is 3.64. The van der Waals surface area contributed by atoms with E-state index < -0.39 is 0 Å². The van der Waals surface area contributed by atoms with Crippen molar-refractivity contribution in [2.45, 2.75) is 44.4 Å². The van der Waals surface area contributed by atoms with Gasteiger partial charge in [0.1, 0.15) is 0 Å². The van der Waals surface area contributed by atoms with E-state index in [2.05, 4.69) is 13.8 Å². The zero-order valence-corrected chi connectivity index (χ0v) is 11.5.